The predicted molar refractivity (Wildman–Crippen MR) is 73.3 cm³/mol. The third-order valence-electron chi connectivity index (χ3n) is 2.57. The Morgan fingerprint density at radius 3 is 2.21 bits per heavy atom. The van der Waals surface area contributed by atoms with Gasteiger partial charge in [0.2, 0.25) is 0 Å². The van der Waals surface area contributed by atoms with Crippen molar-refractivity contribution in [1.29, 1.82) is 5.26 Å². The fraction of sp³-hybridized carbons (Fsp3) is 0.188. The monoisotopic (exact) mass is 253 g/mol. The van der Waals surface area contributed by atoms with E-state index in [0.29, 0.717) is 24.5 Å². The van der Waals surface area contributed by atoms with E-state index in [4.69, 9.17) is 14.7 Å². The first-order chi connectivity index (χ1) is 9.28. The molecule has 0 aliphatic carbocycles. The van der Waals surface area contributed by atoms with Crippen molar-refractivity contribution in [2.75, 3.05) is 13.2 Å². The summed E-state index contributed by atoms with van der Waals surface area (Å²) in [7, 11) is 0. The van der Waals surface area contributed by atoms with Gasteiger partial charge in [0.25, 0.3) is 0 Å². The van der Waals surface area contributed by atoms with Crippen LogP contribution in [0.4, 0.5) is 0 Å². The fourth-order valence-corrected chi connectivity index (χ4v) is 1.68. The Kier molecular flexibility index (Phi) is 4.41. The van der Waals surface area contributed by atoms with Crippen molar-refractivity contribution in [2.45, 2.75) is 6.92 Å². The Bertz CT molecular complexity index is 587. The first-order valence-electron chi connectivity index (χ1n) is 6.10. The molecule has 2 aromatic rings. The van der Waals surface area contributed by atoms with E-state index in [0.717, 1.165) is 5.75 Å². The average Bonchev–Trinajstić information content (AvgIpc) is 2.44. The summed E-state index contributed by atoms with van der Waals surface area (Å²) in [6.07, 6.45) is 0. The van der Waals surface area contributed by atoms with Crippen molar-refractivity contribution < 1.29 is 9.47 Å². The standard InChI is InChI=1S/C16H15NO2/c1-13-4-2-6-15(10-13)18-8-9-19-16-7-3-5-14(11-16)12-17/h2-7,10-11H,8-9H2,1H3. The van der Waals surface area contributed by atoms with Gasteiger partial charge in [-0.1, -0.05) is 18.2 Å². The van der Waals surface area contributed by atoms with Gasteiger partial charge < -0.3 is 9.47 Å². The lowest BCUT2D eigenvalue weighted by Gasteiger charge is -2.08. The van der Waals surface area contributed by atoms with Gasteiger partial charge in [-0.3, -0.25) is 0 Å². The number of benzene rings is 2. The molecule has 0 N–H and O–H groups in total. The highest BCUT2D eigenvalue weighted by Gasteiger charge is 1.97. The zero-order chi connectivity index (χ0) is 13.5. The highest BCUT2D eigenvalue weighted by Crippen LogP contribution is 2.14. The second-order valence-corrected chi connectivity index (χ2v) is 4.15. The van der Waals surface area contributed by atoms with Crippen molar-refractivity contribution in [3.8, 4) is 17.6 Å². The van der Waals surface area contributed by atoms with E-state index in [1.807, 2.05) is 37.3 Å². The molecular formula is C16H15NO2. The molecule has 0 aliphatic rings. The highest BCUT2D eigenvalue weighted by molar-refractivity contribution is 5.36. The molecule has 0 saturated heterocycles. The quantitative estimate of drug-likeness (QED) is 0.767. The van der Waals surface area contributed by atoms with Crippen LogP contribution < -0.4 is 9.47 Å². The van der Waals surface area contributed by atoms with Crippen LogP contribution in [0.15, 0.2) is 48.5 Å². The molecule has 0 atom stereocenters. The van der Waals surface area contributed by atoms with Crippen LogP contribution in [0.1, 0.15) is 11.1 Å². The molecular weight excluding hydrogens is 238 g/mol. The Hall–Kier alpha value is -2.47. The van der Waals surface area contributed by atoms with Crippen molar-refractivity contribution in [1.82, 2.24) is 0 Å². The van der Waals surface area contributed by atoms with Crippen LogP contribution in [0.25, 0.3) is 0 Å². The van der Waals surface area contributed by atoms with E-state index in [-0.39, 0.29) is 0 Å². The van der Waals surface area contributed by atoms with Gasteiger partial charge in [0.1, 0.15) is 24.7 Å². The first kappa shape index (κ1) is 13.0. The van der Waals surface area contributed by atoms with Gasteiger partial charge in [0, 0.05) is 0 Å². The van der Waals surface area contributed by atoms with Gasteiger partial charge in [0.05, 0.1) is 11.6 Å². The maximum absolute atomic E-state index is 8.78. The Labute approximate surface area is 113 Å². The summed E-state index contributed by atoms with van der Waals surface area (Å²) in [6, 6.07) is 17.1. The predicted octanol–water partition coefficient (Wildman–Crippen LogP) is 3.32. The van der Waals surface area contributed by atoms with E-state index in [1.165, 1.54) is 5.56 Å². The third-order valence-corrected chi connectivity index (χ3v) is 2.57. The molecule has 0 fully saturated rings. The summed E-state index contributed by atoms with van der Waals surface area (Å²) < 4.78 is 11.1. The lowest BCUT2D eigenvalue weighted by molar-refractivity contribution is 0.217. The zero-order valence-electron chi connectivity index (χ0n) is 10.8. The maximum atomic E-state index is 8.78. The molecule has 0 bridgehead atoms. The van der Waals surface area contributed by atoms with Gasteiger partial charge in [-0.2, -0.15) is 5.26 Å². The highest BCUT2D eigenvalue weighted by atomic mass is 16.5. The Morgan fingerprint density at radius 1 is 0.947 bits per heavy atom. The van der Waals surface area contributed by atoms with Gasteiger partial charge in [-0.25, -0.2) is 0 Å². The molecule has 19 heavy (non-hydrogen) atoms. The number of nitrogens with zero attached hydrogens (tertiary/aromatic N) is 1. The molecule has 0 aliphatic heterocycles. The Morgan fingerprint density at radius 2 is 1.58 bits per heavy atom. The van der Waals surface area contributed by atoms with Gasteiger partial charge >= 0.3 is 0 Å². The number of rotatable bonds is 5. The van der Waals surface area contributed by atoms with Crippen LogP contribution in [-0.2, 0) is 0 Å². The molecule has 2 aromatic carbocycles. The molecule has 0 aromatic heterocycles. The number of nitriles is 1. The average molecular weight is 253 g/mol. The molecule has 0 unspecified atom stereocenters. The van der Waals surface area contributed by atoms with Crippen LogP contribution in [0.2, 0.25) is 0 Å². The van der Waals surface area contributed by atoms with Gasteiger partial charge in [0.15, 0.2) is 0 Å². The van der Waals surface area contributed by atoms with Crippen molar-refractivity contribution in [2.24, 2.45) is 0 Å². The maximum Gasteiger partial charge on any atom is 0.122 e. The summed E-state index contributed by atoms with van der Waals surface area (Å²) in [5, 5.41) is 8.78. The van der Waals surface area contributed by atoms with Crippen molar-refractivity contribution in [3.63, 3.8) is 0 Å². The molecule has 3 heteroatoms. The lowest BCUT2D eigenvalue weighted by atomic mass is 10.2. The second kappa shape index (κ2) is 6.46. The van der Waals surface area contributed by atoms with Crippen LogP contribution in [0.3, 0.4) is 0 Å². The van der Waals surface area contributed by atoms with Crippen molar-refractivity contribution in [3.05, 3.63) is 59.7 Å². The van der Waals surface area contributed by atoms with E-state index in [2.05, 4.69) is 6.07 Å². The molecule has 0 saturated carbocycles. The smallest absolute Gasteiger partial charge is 0.122 e. The minimum absolute atomic E-state index is 0.447. The van der Waals surface area contributed by atoms with Crippen molar-refractivity contribution >= 4 is 0 Å². The molecule has 2 rings (SSSR count). The number of aryl methyl sites for hydroxylation is 1. The summed E-state index contributed by atoms with van der Waals surface area (Å²) in [6.45, 7) is 2.94. The SMILES string of the molecule is Cc1cccc(OCCOc2cccc(C#N)c2)c1. The largest absolute Gasteiger partial charge is 0.490 e. The second-order valence-electron chi connectivity index (χ2n) is 4.15. The zero-order valence-corrected chi connectivity index (χ0v) is 10.8. The van der Waals surface area contributed by atoms with Crippen LogP contribution in [-0.4, -0.2) is 13.2 Å². The van der Waals surface area contributed by atoms with Crippen LogP contribution in [0, 0.1) is 18.3 Å². The normalized spacial score (nSPS) is 9.68. The van der Waals surface area contributed by atoms with Crippen LogP contribution in [0.5, 0.6) is 11.5 Å². The molecule has 0 amide bonds. The summed E-state index contributed by atoms with van der Waals surface area (Å²) >= 11 is 0. The summed E-state index contributed by atoms with van der Waals surface area (Å²) in [5.74, 6) is 1.53. The van der Waals surface area contributed by atoms with E-state index in [9.17, 15) is 0 Å². The summed E-state index contributed by atoms with van der Waals surface area (Å²) in [4.78, 5) is 0. The van der Waals surface area contributed by atoms with E-state index in [1.54, 1.807) is 18.2 Å². The number of ether oxygens (including phenoxy) is 2. The molecule has 96 valence electrons. The number of hydrogen-bond acceptors (Lipinski definition) is 3. The van der Waals surface area contributed by atoms with Gasteiger partial charge in [-0.15, -0.1) is 0 Å². The minimum atomic E-state index is 0.447. The first-order valence-corrected chi connectivity index (χ1v) is 6.10. The molecule has 0 radical (unpaired) electrons. The molecule has 0 heterocycles. The Balaban J connectivity index is 1.79. The summed E-state index contributed by atoms with van der Waals surface area (Å²) in [5.41, 5.74) is 1.76. The lowest BCUT2D eigenvalue weighted by Crippen LogP contribution is -2.09. The van der Waals surface area contributed by atoms with E-state index < -0.39 is 0 Å². The molecule has 3 nitrogen and oxygen atoms in total. The van der Waals surface area contributed by atoms with E-state index >= 15 is 0 Å². The molecule has 0 spiro atoms. The van der Waals surface area contributed by atoms with Gasteiger partial charge in [-0.05, 0) is 42.8 Å². The third kappa shape index (κ3) is 4.04. The minimum Gasteiger partial charge on any atom is -0.490 e. The fourth-order valence-electron chi connectivity index (χ4n) is 1.68. The number of hydrogen-bond donors (Lipinski definition) is 0. The topological polar surface area (TPSA) is 42.2 Å². The van der Waals surface area contributed by atoms with Crippen LogP contribution >= 0.6 is 0 Å².